The number of hydrogen-bond acceptors (Lipinski definition) is 5. The highest BCUT2D eigenvalue weighted by Gasteiger charge is 2.25. The molecule has 6 heteroatoms. The van der Waals surface area contributed by atoms with Crippen LogP contribution in [0.3, 0.4) is 0 Å². The summed E-state index contributed by atoms with van der Waals surface area (Å²) in [7, 11) is 0. The third-order valence-corrected chi connectivity index (χ3v) is 10.4. The summed E-state index contributed by atoms with van der Waals surface area (Å²) in [5, 5.41) is 5.86. The lowest BCUT2D eigenvalue weighted by Gasteiger charge is -2.19. The molecule has 0 aliphatic rings. The average molecular weight is 600 g/mol. The van der Waals surface area contributed by atoms with Gasteiger partial charge in [0.25, 0.3) is 0 Å². The molecule has 0 bridgehead atoms. The third kappa shape index (κ3) is 4.70. The molecule has 4 nitrogen and oxygen atoms in total. The summed E-state index contributed by atoms with van der Waals surface area (Å²) in [6.45, 7) is 13.6. The van der Waals surface area contributed by atoms with Gasteiger partial charge in [-0.15, -0.1) is 22.7 Å². The Morgan fingerprint density at radius 1 is 0.744 bits per heavy atom. The van der Waals surface area contributed by atoms with Crippen LogP contribution in [0.15, 0.2) is 90.6 Å². The van der Waals surface area contributed by atoms with Crippen LogP contribution in [-0.4, -0.2) is 20.3 Å². The highest BCUT2D eigenvalue weighted by molar-refractivity contribution is 7.29. The van der Waals surface area contributed by atoms with Crippen LogP contribution < -0.4 is 0 Å². The summed E-state index contributed by atoms with van der Waals surface area (Å²) in [5.41, 5.74) is 8.05. The molecular weight excluding hydrogens is 567 g/mol. The smallest absolute Gasteiger partial charge is 0.229 e. The number of aromatic nitrogens is 3. The van der Waals surface area contributed by atoms with Crippen LogP contribution in [0.25, 0.3) is 47.3 Å². The van der Waals surface area contributed by atoms with Crippen LogP contribution >= 0.6 is 22.7 Å². The number of nitrogens with zero attached hydrogens (tertiary/aromatic N) is 3. The van der Waals surface area contributed by atoms with Gasteiger partial charge in [0.2, 0.25) is 5.78 Å². The van der Waals surface area contributed by atoms with Gasteiger partial charge in [-0.1, -0.05) is 65.8 Å². The lowest BCUT2D eigenvalue weighted by atomic mass is 9.85. The SMILES string of the molecule is CC(C)(C)c1ccc2c(c1)c1cc(C(C)(C)C)ccc1n2-c1sc2ccsc2c1-c1ccc(C(=O)c2ccccn2)nc1. The molecule has 0 atom stereocenters. The molecule has 214 valence electrons. The first kappa shape index (κ1) is 27.7. The minimum atomic E-state index is -0.175. The van der Waals surface area contributed by atoms with Crippen molar-refractivity contribution in [3.63, 3.8) is 0 Å². The number of ketones is 1. The molecule has 5 heterocycles. The first-order valence-electron chi connectivity index (χ1n) is 14.5. The predicted molar refractivity (Wildman–Crippen MR) is 182 cm³/mol. The fraction of sp³-hybridized carbons (Fsp3) is 0.216. The summed E-state index contributed by atoms with van der Waals surface area (Å²) >= 11 is 3.56. The van der Waals surface area contributed by atoms with Crippen LogP contribution in [-0.2, 0) is 10.8 Å². The third-order valence-electron chi connectivity index (χ3n) is 8.16. The summed E-state index contributed by atoms with van der Waals surface area (Å²) in [5.74, 6) is -0.175. The Morgan fingerprint density at radius 3 is 1.95 bits per heavy atom. The number of rotatable bonds is 4. The molecule has 7 rings (SSSR count). The molecule has 0 N–H and O–H groups in total. The van der Waals surface area contributed by atoms with Crippen LogP contribution in [0.2, 0.25) is 0 Å². The second-order valence-corrected chi connectivity index (χ2v) is 15.1. The van der Waals surface area contributed by atoms with E-state index >= 15 is 0 Å². The zero-order valence-corrected chi connectivity index (χ0v) is 26.9. The second kappa shape index (κ2) is 9.97. The van der Waals surface area contributed by atoms with Crippen molar-refractivity contribution in [3.8, 4) is 16.1 Å². The summed E-state index contributed by atoms with van der Waals surface area (Å²) in [6, 6.07) is 25.3. The maximum absolute atomic E-state index is 13.0. The van der Waals surface area contributed by atoms with Crippen molar-refractivity contribution in [3.05, 3.63) is 113 Å². The Bertz CT molecular complexity index is 2080. The van der Waals surface area contributed by atoms with Crippen molar-refractivity contribution in [2.75, 3.05) is 0 Å². The van der Waals surface area contributed by atoms with Gasteiger partial charge in [-0.05, 0) is 75.9 Å². The topological polar surface area (TPSA) is 47.8 Å². The van der Waals surface area contributed by atoms with Crippen LogP contribution in [0, 0.1) is 0 Å². The highest BCUT2D eigenvalue weighted by atomic mass is 32.1. The molecule has 0 unspecified atom stereocenters. The average Bonchev–Trinajstić information content (AvgIpc) is 3.67. The zero-order valence-electron chi connectivity index (χ0n) is 25.2. The van der Waals surface area contributed by atoms with Gasteiger partial charge < -0.3 is 4.57 Å². The van der Waals surface area contributed by atoms with E-state index in [0.29, 0.717) is 11.4 Å². The highest BCUT2D eigenvalue weighted by Crippen LogP contribution is 2.47. The van der Waals surface area contributed by atoms with Gasteiger partial charge in [-0.2, -0.15) is 0 Å². The van der Waals surface area contributed by atoms with E-state index in [-0.39, 0.29) is 16.6 Å². The molecule has 0 saturated heterocycles. The van der Waals surface area contributed by atoms with Gasteiger partial charge in [0, 0.05) is 39.0 Å². The Labute approximate surface area is 259 Å². The molecular formula is C37H33N3OS2. The number of carbonyl (C=O) groups is 1. The minimum Gasteiger partial charge on any atom is -0.300 e. The van der Waals surface area contributed by atoms with Crippen LogP contribution in [0.1, 0.15) is 68.9 Å². The van der Waals surface area contributed by atoms with Gasteiger partial charge >= 0.3 is 0 Å². The second-order valence-electron chi connectivity index (χ2n) is 13.2. The van der Waals surface area contributed by atoms with Crippen molar-refractivity contribution in [2.45, 2.75) is 52.4 Å². The molecule has 0 amide bonds. The van der Waals surface area contributed by atoms with Crippen LogP contribution in [0.4, 0.5) is 0 Å². The predicted octanol–water partition coefficient (Wildman–Crippen LogP) is 10.3. The lowest BCUT2D eigenvalue weighted by Crippen LogP contribution is -2.10. The van der Waals surface area contributed by atoms with Gasteiger partial charge in [-0.25, -0.2) is 0 Å². The maximum Gasteiger partial charge on any atom is 0.229 e. The molecule has 5 aromatic heterocycles. The standard InChI is InChI=1S/C37H33N3OS2/c1-36(2,3)23-11-14-29-25(19-23)26-20-24(37(4,5)6)12-15-30(26)40(29)35-32(34-31(43-35)16-18-42-34)22-10-13-28(39-21-22)33(41)27-9-7-8-17-38-27/h7-21H,1-6H3. The maximum atomic E-state index is 13.0. The number of benzene rings is 2. The normalized spacial score (nSPS) is 12.5. The van der Waals surface area contributed by atoms with Crippen LogP contribution in [0.5, 0.6) is 0 Å². The van der Waals surface area contributed by atoms with Crippen molar-refractivity contribution >= 4 is 59.7 Å². The summed E-state index contributed by atoms with van der Waals surface area (Å²) < 4.78 is 4.91. The number of hydrogen-bond donors (Lipinski definition) is 0. The van der Waals surface area contributed by atoms with Gasteiger partial charge in [0.15, 0.2) is 0 Å². The monoisotopic (exact) mass is 599 g/mol. The molecule has 0 saturated carbocycles. The Kier molecular flexibility index (Phi) is 6.42. The van der Waals surface area contributed by atoms with E-state index in [9.17, 15) is 4.79 Å². The quantitative estimate of drug-likeness (QED) is 0.189. The van der Waals surface area contributed by atoms with Gasteiger partial charge in [0.1, 0.15) is 16.4 Å². The summed E-state index contributed by atoms with van der Waals surface area (Å²) in [4.78, 5) is 21.9. The van der Waals surface area contributed by atoms with Gasteiger partial charge in [-0.3, -0.25) is 14.8 Å². The van der Waals surface area contributed by atoms with Crippen molar-refractivity contribution < 1.29 is 4.79 Å². The molecule has 0 fully saturated rings. The van der Waals surface area contributed by atoms with E-state index < -0.39 is 0 Å². The largest absolute Gasteiger partial charge is 0.300 e. The van der Waals surface area contributed by atoms with E-state index in [1.54, 1.807) is 29.7 Å². The Hall–Kier alpha value is -4.13. The van der Waals surface area contributed by atoms with Crippen molar-refractivity contribution in [2.24, 2.45) is 0 Å². The Balaban J connectivity index is 1.46. The number of carbonyl (C=O) groups excluding carboxylic acids is 1. The minimum absolute atomic E-state index is 0.0427. The van der Waals surface area contributed by atoms with E-state index in [0.717, 1.165) is 11.1 Å². The fourth-order valence-corrected chi connectivity index (χ4v) is 8.13. The van der Waals surface area contributed by atoms with E-state index in [1.807, 2.05) is 35.7 Å². The molecule has 0 radical (unpaired) electrons. The molecule has 0 aliphatic heterocycles. The zero-order chi connectivity index (χ0) is 30.1. The molecule has 0 aliphatic carbocycles. The number of pyridine rings is 2. The number of thiophene rings is 2. The van der Waals surface area contributed by atoms with Crippen molar-refractivity contribution in [1.82, 2.24) is 14.5 Å². The molecule has 0 spiro atoms. The first-order chi connectivity index (χ1) is 20.5. The fourth-order valence-electron chi connectivity index (χ4n) is 5.70. The van der Waals surface area contributed by atoms with Crippen molar-refractivity contribution in [1.29, 1.82) is 0 Å². The Morgan fingerprint density at radius 2 is 1.40 bits per heavy atom. The summed E-state index contributed by atoms with van der Waals surface area (Å²) in [6.07, 6.45) is 3.47. The molecule has 2 aromatic carbocycles. The first-order valence-corrected chi connectivity index (χ1v) is 16.2. The van der Waals surface area contributed by atoms with Gasteiger partial charge in [0.05, 0.1) is 15.7 Å². The van der Waals surface area contributed by atoms with E-state index in [2.05, 4.69) is 104 Å². The van der Waals surface area contributed by atoms with E-state index in [1.165, 1.54) is 47.3 Å². The molecule has 43 heavy (non-hydrogen) atoms. The van der Waals surface area contributed by atoms with E-state index in [4.69, 9.17) is 0 Å². The molecule has 7 aromatic rings. The number of fused-ring (bicyclic) bond motifs is 4. The lowest BCUT2D eigenvalue weighted by molar-refractivity contribution is 0.103.